The van der Waals surface area contributed by atoms with Crippen molar-refractivity contribution in [3.05, 3.63) is 0 Å². The van der Waals surface area contributed by atoms with Gasteiger partial charge in [0, 0.05) is 0 Å². The Labute approximate surface area is 62.1 Å². The smallest absolute Gasteiger partial charge is 2.00 e. The molecular formula is H2CdO5Se. The van der Waals surface area contributed by atoms with Crippen molar-refractivity contribution in [1.29, 1.82) is 0 Å². The molecule has 0 bridgehead atoms. The zero-order valence-corrected chi connectivity index (χ0v) is 9.00. The first-order chi connectivity index (χ1) is 2.00. The van der Waals surface area contributed by atoms with Crippen LogP contribution in [0.1, 0.15) is 0 Å². The molecule has 0 radical (unpaired) electrons. The van der Waals surface area contributed by atoms with Gasteiger partial charge in [0.2, 0.25) is 0 Å². The molecule has 0 saturated carbocycles. The van der Waals surface area contributed by atoms with Gasteiger partial charge in [-0.05, 0) is 0 Å². The molecule has 0 aliphatic heterocycles. The SMILES string of the molecule is O.O=[Se](=O)([O-])[O-].[Cd+2]. The van der Waals surface area contributed by atoms with Crippen LogP contribution in [0.25, 0.3) is 0 Å². The van der Waals surface area contributed by atoms with E-state index < -0.39 is 13.4 Å². The summed E-state index contributed by atoms with van der Waals surface area (Å²) in [6, 6.07) is 0. The Bertz CT molecular complexity index is 91.2. The van der Waals surface area contributed by atoms with Crippen molar-refractivity contribution in [2.75, 3.05) is 0 Å². The summed E-state index contributed by atoms with van der Waals surface area (Å²) in [6.45, 7) is 0. The minimum absolute atomic E-state index is 0. The molecule has 7 heteroatoms. The Morgan fingerprint density at radius 3 is 1.14 bits per heavy atom. The van der Waals surface area contributed by atoms with Crippen LogP contribution in [0.5, 0.6) is 0 Å². The fourth-order valence-electron chi connectivity index (χ4n) is 0. The molecule has 5 nitrogen and oxygen atoms in total. The van der Waals surface area contributed by atoms with Crippen LogP contribution in [0.4, 0.5) is 0 Å². The molecule has 0 heterocycles. The van der Waals surface area contributed by atoms with Crippen LogP contribution in [0, 0.1) is 0 Å². The molecule has 0 aliphatic carbocycles. The van der Waals surface area contributed by atoms with Gasteiger partial charge >= 0.3 is 56.7 Å². The molecule has 0 atom stereocenters. The number of hydrogen-bond donors (Lipinski definition) is 0. The number of rotatable bonds is 0. The fraction of sp³-hybridized carbons (Fsp3) is 0. The summed E-state index contributed by atoms with van der Waals surface area (Å²) < 4.78 is 34.4. The van der Waals surface area contributed by atoms with Crippen molar-refractivity contribution in [2.45, 2.75) is 0 Å². The fourth-order valence-corrected chi connectivity index (χ4v) is 0. The van der Waals surface area contributed by atoms with E-state index in [-0.39, 0.29) is 32.8 Å². The predicted octanol–water partition coefficient (Wildman–Crippen LogP) is -3.82. The molecule has 0 fully saturated rings. The molecule has 0 rings (SSSR count). The van der Waals surface area contributed by atoms with E-state index in [1.54, 1.807) is 0 Å². The van der Waals surface area contributed by atoms with E-state index in [1.807, 2.05) is 0 Å². The monoisotopic (exact) mass is 276 g/mol. The van der Waals surface area contributed by atoms with Crippen molar-refractivity contribution in [3.8, 4) is 0 Å². The second-order valence-corrected chi connectivity index (χ2v) is 2.12. The van der Waals surface area contributed by atoms with Crippen LogP contribution in [-0.4, -0.2) is 18.8 Å². The first-order valence-corrected chi connectivity index (χ1v) is 3.46. The molecule has 0 saturated heterocycles. The standard InChI is InChI=1S/Cd.H2O4Se.H2O/c;1-5(2,3)4;/h;(H2,1,2,3,4);1H2/q+2;;/p-2. The summed E-state index contributed by atoms with van der Waals surface area (Å²) >= 11 is -5.75. The van der Waals surface area contributed by atoms with E-state index in [0.29, 0.717) is 0 Å². The van der Waals surface area contributed by atoms with Gasteiger partial charge in [0.15, 0.2) is 0 Å². The van der Waals surface area contributed by atoms with Crippen molar-refractivity contribution in [1.82, 2.24) is 0 Å². The molecule has 2 N–H and O–H groups in total. The van der Waals surface area contributed by atoms with Gasteiger partial charge in [-0.25, -0.2) is 0 Å². The van der Waals surface area contributed by atoms with Crippen molar-refractivity contribution in [2.24, 2.45) is 0 Å². The summed E-state index contributed by atoms with van der Waals surface area (Å²) in [7, 11) is 0. The third kappa shape index (κ3) is 197. The Hall–Kier alpha value is 0.922. The van der Waals surface area contributed by atoms with E-state index in [0.717, 1.165) is 0 Å². The zero-order chi connectivity index (χ0) is 4.50. The van der Waals surface area contributed by atoms with Crippen molar-refractivity contribution < 1.29 is 48.8 Å². The van der Waals surface area contributed by atoms with Crippen LogP contribution in [0.15, 0.2) is 0 Å². The Morgan fingerprint density at radius 1 is 1.14 bits per heavy atom. The maximum atomic E-state index is 8.59. The van der Waals surface area contributed by atoms with Gasteiger partial charge in [-0.1, -0.05) is 0 Å². The molecule has 40 valence electrons. The van der Waals surface area contributed by atoms with E-state index >= 15 is 0 Å². The molecule has 7 heavy (non-hydrogen) atoms. The maximum Gasteiger partial charge on any atom is 2.00 e. The molecular weight excluding hydrogens is 271 g/mol. The first kappa shape index (κ1) is 15.7. The quantitative estimate of drug-likeness (QED) is 0.421. The summed E-state index contributed by atoms with van der Waals surface area (Å²) in [5.41, 5.74) is 0. The van der Waals surface area contributed by atoms with Crippen molar-refractivity contribution in [3.63, 3.8) is 0 Å². The van der Waals surface area contributed by atoms with Crippen LogP contribution < -0.4 is 8.38 Å². The van der Waals surface area contributed by atoms with E-state index in [2.05, 4.69) is 0 Å². The van der Waals surface area contributed by atoms with Gasteiger partial charge in [0.1, 0.15) is 0 Å². The normalized spacial score (nSPS) is 8.29. The van der Waals surface area contributed by atoms with Gasteiger partial charge in [0.25, 0.3) is 0 Å². The molecule has 0 unspecified atom stereocenters. The van der Waals surface area contributed by atoms with Gasteiger partial charge in [-0.15, -0.1) is 0 Å². The number of hydrogen-bond acceptors (Lipinski definition) is 4. The summed E-state index contributed by atoms with van der Waals surface area (Å²) in [5.74, 6) is 0. The average Bonchev–Trinajstić information content (AvgIpc) is 0.722. The van der Waals surface area contributed by atoms with E-state index in [9.17, 15) is 0 Å². The predicted molar refractivity (Wildman–Crippen MR) is 10.7 cm³/mol. The molecule has 0 aromatic rings. The zero-order valence-electron chi connectivity index (χ0n) is 3.25. The summed E-state index contributed by atoms with van der Waals surface area (Å²) in [6.07, 6.45) is 0. The van der Waals surface area contributed by atoms with Gasteiger partial charge in [0.05, 0.1) is 0 Å². The van der Waals surface area contributed by atoms with Crippen LogP contribution in [-0.2, 0) is 35.0 Å². The summed E-state index contributed by atoms with van der Waals surface area (Å²) in [4.78, 5) is 0. The third-order valence-corrected chi connectivity index (χ3v) is 0. The van der Waals surface area contributed by atoms with E-state index in [4.69, 9.17) is 16.0 Å². The topological polar surface area (TPSA) is 112 Å². The van der Waals surface area contributed by atoms with Crippen LogP contribution in [0.3, 0.4) is 0 Å². The van der Waals surface area contributed by atoms with Gasteiger partial charge in [-0.2, -0.15) is 0 Å². The third-order valence-electron chi connectivity index (χ3n) is 0. The minimum Gasteiger partial charge on any atom is 2.00 e. The van der Waals surface area contributed by atoms with Crippen LogP contribution in [0.2, 0.25) is 0 Å². The second-order valence-electron chi connectivity index (χ2n) is 0.408. The molecule has 0 aromatic heterocycles. The van der Waals surface area contributed by atoms with E-state index in [1.165, 1.54) is 0 Å². The molecule has 0 aromatic carbocycles. The largest absolute Gasteiger partial charge is 2.00 e. The average molecular weight is 273 g/mol. The van der Waals surface area contributed by atoms with Gasteiger partial charge < -0.3 is 5.48 Å². The Kier molecular flexibility index (Phi) is 11.3. The molecule has 0 amide bonds. The van der Waals surface area contributed by atoms with Crippen molar-refractivity contribution >= 4 is 13.4 Å². The van der Waals surface area contributed by atoms with Gasteiger partial charge in [-0.3, -0.25) is 0 Å². The first-order valence-electron chi connectivity index (χ1n) is 0.667. The van der Waals surface area contributed by atoms with Crippen LogP contribution >= 0.6 is 0 Å². The minimum atomic E-state index is -5.75. The Morgan fingerprint density at radius 2 is 1.14 bits per heavy atom. The molecule has 0 aliphatic rings. The second kappa shape index (κ2) is 5.07. The molecule has 0 spiro atoms. The maximum absolute atomic E-state index is 8.59. The summed E-state index contributed by atoms with van der Waals surface area (Å²) in [5, 5.41) is 0. The Balaban J connectivity index is -0.0000000800.